The van der Waals surface area contributed by atoms with E-state index in [2.05, 4.69) is 20.8 Å². The molecule has 0 unspecified atom stereocenters. The zero-order chi connectivity index (χ0) is 17.1. The van der Waals surface area contributed by atoms with Gasteiger partial charge in [0.05, 0.1) is 19.8 Å². The van der Waals surface area contributed by atoms with Gasteiger partial charge in [0.25, 0.3) is 5.89 Å². The molecule has 0 amide bonds. The van der Waals surface area contributed by atoms with Gasteiger partial charge in [0, 0.05) is 25.2 Å². The summed E-state index contributed by atoms with van der Waals surface area (Å²) in [6, 6.07) is 5.47. The summed E-state index contributed by atoms with van der Waals surface area (Å²) < 4.78 is 21.3. The van der Waals surface area contributed by atoms with E-state index >= 15 is 0 Å². The van der Waals surface area contributed by atoms with Gasteiger partial charge >= 0.3 is 0 Å². The van der Waals surface area contributed by atoms with E-state index in [1.165, 1.54) is 0 Å². The molecule has 2 aliphatic rings. The fourth-order valence-corrected chi connectivity index (χ4v) is 2.77. The largest absolute Gasteiger partial charge is 0.454 e. The van der Waals surface area contributed by atoms with Gasteiger partial charge in [-0.3, -0.25) is 0 Å². The highest BCUT2D eigenvalue weighted by molar-refractivity contribution is 5.60. The van der Waals surface area contributed by atoms with Crippen LogP contribution in [0.2, 0.25) is 0 Å². The Hall–Kier alpha value is -2.20. The standard InChI is InChI=1S/C16H20N4O5/c21-16(7-17-3-4-22-9-16)8-18-6-14-19-15(25-20-14)11-1-2-12-13(5-11)24-10-23-12/h1-2,5,17-18,21H,3-4,6-10H2/t16-/m1/s1. The number of aliphatic hydroxyl groups is 1. The highest BCUT2D eigenvalue weighted by Crippen LogP contribution is 2.35. The number of benzene rings is 1. The second-order valence-corrected chi connectivity index (χ2v) is 6.14. The third-order valence-electron chi connectivity index (χ3n) is 4.07. The Bertz CT molecular complexity index is 727. The number of nitrogens with one attached hydrogen (secondary N) is 2. The molecule has 2 aromatic rings. The van der Waals surface area contributed by atoms with Crippen LogP contribution in [-0.4, -0.2) is 60.5 Å². The van der Waals surface area contributed by atoms with Crippen molar-refractivity contribution in [3.05, 3.63) is 24.0 Å². The minimum atomic E-state index is -0.944. The van der Waals surface area contributed by atoms with Gasteiger partial charge in [-0.05, 0) is 18.2 Å². The quantitative estimate of drug-likeness (QED) is 0.682. The number of aromatic nitrogens is 2. The zero-order valence-electron chi connectivity index (χ0n) is 13.7. The summed E-state index contributed by atoms with van der Waals surface area (Å²) in [6.07, 6.45) is 0. The maximum atomic E-state index is 10.5. The minimum absolute atomic E-state index is 0.221. The number of hydrogen-bond acceptors (Lipinski definition) is 9. The molecule has 9 nitrogen and oxygen atoms in total. The van der Waals surface area contributed by atoms with E-state index in [1.807, 2.05) is 18.2 Å². The average molecular weight is 348 g/mol. The SMILES string of the molecule is O[C@@]1(CNCc2noc(-c3ccc4c(c3)OCO4)n2)CNCCOC1. The lowest BCUT2D eigenvalue weighted by Crippen LogP contribution is -2.50. The highest BCUT2D eigenvalue weighted by Gasteiger charge is 2.28. The monoisotopic (exact) mass is 348 g/mol. The van der Waals surface area contributed by atoms with Crippen LogP contribution in [0.15, 0.2) is 22.7 Å². The van der Waals surface area contributed by atoms with Gasteiger partial charge in [-0.2, -0.15) is 4.98 Å². The molecule has 9 heteroatoms. The summed E-state index contributed by atoms with van der Waals surface area (Å²) in [5.74, 6) is 2.29. The Kier molecular flexibility index (Phi) is 4.53. The van der Waals surface area contributed by atoms with Crippen molar-refractivity contribution in [2.75, 3.05) is 39.6 Å². The Morgan fingerprint density at radius 2 is 2.20 bits per heavy atom. The third-order valence-corrected chi connectivity index (χ3v) is 4.07. The predicted octanol–water partition coefficient (Wildman–Crippen LogP) is -0.0942. The van der Waals surface area contributed by atoms with Crippen molar-refractivity contribution in [1.82, 2.24) is 20.8 Å². The van der Waals surface area contributed by atoms with Gasteiger partial charge in [-0.15, -0.1) is 0 Å². The number of β-amino-alcohol motifs (C(OH)–C–C–N with tert-alkyl or cyclic N) is 1. The summed E-state index contributed by atoms with van der Waals surface area (Å²) in [4.78, 5) is 4.36. The van der Waals surface area contributed by atoms with Gasteiger partial charge in [-0.25, -0.2) is 0 Å². The van der Waals surface area contributed by atoms with Crippen LogP contribution in [0.4, 0.5) is 0 Å². The average Bonchev–Trinajstić information content (AvgIpc) is 3.21. The van der Waals surface area contributed by atoms with Crippen LogP contribution in [0, 0.1) is 0 Å². The summed E-state index contributed by atoms with van der Waals surface area (Å²) in [6.45, 7) is 3.10. The molecule has 4 rings (SSSR count). The lowest BCUT2D eigenvalue weighted by molar-refractivity contribution is -0.0265. The van der Waals surface area contributed by atoms with E-state index in [0.29, 0.717) is 56.1 Å². The van der Waals surface area contributed by atoms with Crippen molar-refractivity contribution in [3.63, 3.8) is 0 Å². The molecule has 0 radical (unpaired) electrons. The first kappa shape index (κ1) is 16.3. The molecule has 3 N–H and O–H groups in total. The topological polar surface area (TPSA) is 111 Å². The fraction of sp³-hybridized carbons (Fsp3) is 0.500. The van der Waals surface area contributed by atoms with E-state index in [0.717, 1.165) is 12.1 Å². The van der Waals surface area contributed by atoms with E-state index in [-0.39, 0.29) is 6.79 Å². The summed E-state index contributed by atoms with van der Waals surface area (Å²) in [7, 11) is 0. The van der Waals surface area contributed by atoms with E-state index < -0.39 is 5.60 Å². The Balaban J connectivity index is 1.35. The number of fused-ring (bicyclic) bond motifs is 1. The first-order valence-electron chi connectivity index (χ1n) is 8.16. The van der Waals surface area contributed by atoms with Crippen LogP contribution >= 0.6 is 0 Å². The molecule has 1 atom stereocenters. The summed E-state index contributed by atoms with van der Waals surface area (Å²) in [5.41, 5.74) is -0.177. The number of hydrogen-bond donors (Lipinski definition) is 3. The second-order valence-electron chi connectivity index (χ2n) is 6.14. The van der Waals surface area contributed by atoms with Crippen molar-refractivity contribution in [2.45, 2.75) is 12.1 Å². The molecule has 0 saturated carbocycles. The molecule has 1 saturated heterocycles. The lowest BCUT2D eigenvalue weighted by atomic mass is 10.1. The van der Waals surface area contributed by atoms with Crippen LogP contribution in [0.1, 0.15) is 5.82 Å². The molecular weight excluding hydrogens is 328 g/mol. The van der Waals surface area contributed by atoms with Crippen LogP contribution < -0.4 is 20.1 Å². The lowest BCUT2D eigenvalue weighted by Gasteiger charge is -2.25. The molecule has 1 aromatic heterocycles. The molecule has 1 fully saturated rings. The maximum absolute atomic E-state index is 10.5. The molecule has 3 heterocycles. The van der Waals surface area contributed by atoms with Crippen LogP contribution in [0.3, 0.4) is 0 Å². The van der Waals surface area contributed by atoms with Gasteiger partial charge in [0.15, 0.2) is 17.3 Å². The smallest absolute Gasteiger partial charge is 0.258 e. The van der Waals surface area contributed by atoms with Crippen LogP contribution in [0.5, 0.6) is 11.5 Å². The highest BCUT2D eigenvalue weighted by atomic mass is 16.7. The zero-order valence-corrected chi connectivity index (χ0v) is 13.7. The molecule has 0 spiro atoms. The van der Waals surface area contributed by atoms with E-state index in [9.17, 15) is 5.11 Å². The predicted molar refractivity (Wildman–Crippen MR) is 86.2 cm³/mol. The molecular formula is C16H20N4O5. The first-order chi connectivity index (χ1) is 12.2. The summed E-state index contributed by atoms with van der Waals surface area (Å²) >= 11 is 0. The normalized spacial score (nSPS) is 22.8. The van der Waals surface area contributed by atoms with Crippen LogP contribution in [0.25, 0.3) is 11.5 Å². The number of rotatable bonds is 5. The second kappa shape index (κ2) is 6.96. The van der Waals surface area contributed by atoms with Crippen LogP contribution in [-0.2, 0) is 11.3 Å². The Labute approximate surface area is 144 Å². The molecule has 2 aliphatic heterocycles. The third kappa shape index (κ3) is 3.74. The van der Waals surface area contributed by atoms with Gasteiger partial charge in [0.2, 0.25) is 6.79 Å². The van der Waals surface area contributed by atoms with Gasteiger partial charge in [-0.1, -0.05) is 5.16 Å². The number of nitrogens with zero attached hydrogens (tertiary/aromatic N) is 2. The molecule has 0 bridgehead atoms. The molecule has 1 aromatic carbocycles. The van der Waals surface area contributed by atoms with Gasteiger partial charge in [0.1, 0.15) is 5.60 Å². The van der Waals surface area contributed by atoms with Crippen molar-refractivity contribution in [3.8, 4) is 23.0 Å². The molecule has 25 heavy (non-hydrogen) atoms. The molecule has 134 valence electrons. The van der Waals surface area contributed by atoms with E-state index in [4.69, 9.17) is 18.7 Å². The first-order valence-corrected chi connectivity index (χ1v) is 8.16. The van der Waals surface area contributed by atoms with Crippen molar-refractivity contribution >= 4 is 0 Å². The van der Waals surface area contributed by atoms with Gasteiger partial charge < -0.3 is 34.5 Å². The fourth-order valence-electron chi connectivity index (χ4n) is 2.77. The number of ether oxygens (including phenoxy) is 3. The minimum Gasteiger partial charge on any atom is -0.454 e. The van der Waals surface area contributed by atoms with Crippen molar-refractivity contribution in [1.29, 1.82) is 0 Å². The summed E-state index contributed by atoms with van der Waals surface area (Å²) in [5, 5.41) is 20.7. The Morgan fingerprint density at radius 3 is 3.16 bits per heavy atom. The van der Waals surface area contributed by atoms with E-state index in [1.54, 1.807) is 0 Å². The van der Waals surface area contributed by atoms with Crippen molar-refractivity contribution < 1.29 is 23.8 Å². The maximum Gasteiger partial charge on any atom is 0.258 e. The van der Waals surface area contributed by atoms with Crippen molar-refractivity contribution in [2.24, 2.45) is 0 Å². The Morgan fingerprint density at radius 1 is 1.28 bits per heavy atom. The molecule has 0 aliphatic carbocycles.